The third-order valence-corrected chi connectivity index (χ3v) is 1.99. The summed E-state index contributed by atoms with van der Waals surface area (Å²) in [5.74, 6) is -1.48. The number of nitrogens with zero attached hydrogens (tertiary/aromatic N) is 2. The molecule has 0 aromatic carbocycles. The van der Waals surface area contributed by atoms with Gasteiger partial charge in [0.15, 0.2) is 0 Å². The van der Waals surface area contributed by atoms with Crippen molar-refractivity contribution in [1.29, 1.82) is 0 Å². The van der Waals surface area contributed by atoms with Crippen molar-refractivity contribution in [3.05, 3.63) is 29.8 Å². The van der Waals surface area contributed by atoms with E-state index in [1.807, 2.05) is 0 Å². The van der Waals surface area contributed by atoms with Gasteiger partial charge in [0, 0.05) is 12.7 Å². The van der Waals surface area contributed by atoms with Gasteiger partial charge in [-0.15, -0.1) is 0 Å². The van der Waals surface area contributed by atoms with Crippen LogP contribution in [0.2, 0.25) is 0 Å². The number of hydrogen-bond acceptors (Lipinski definition) is 3. The quantitative estimate of drug-likeness (QED) is 0.788. The van der Waals surface area contributed by atoms with Crippen molar-refractivity contribution in [2.24, 2.45) is 0 Å². The molecule has 0 aliphatic rings. The predicted molar refractivity (Wildman–Crippen MR) is 53.2 cm³/mol. The molecule has 1 heterocycles. The summed E-state index contributed by atoms with van der Waals surface area (Å²) in [5, 5.41) is 8.68. The molecule has 0 saturated heterocycles. The summed E-state index contributed by atoms with van der Waals surface area (Å²) in [7, 11) is 0. The van der Waals surface area contributed by atoms with Crippen LogP contribution in [0.4, 0.5) is 13.2 Å². The van der Waals surface area contributed by atoms with E-state index in [9.17, 15) is 18.0 Å². The fraction of sp³-hybridized carbons (Fsp3) is 0.400. The Balaban J connectivity index is 2.79. The highest BCUT2D eigenvalue weighted by molar-refractivity contribution is 5.93. The molecule has 0 spiro atoms. The van der Waals surface area contributed by atoms with Crippen LogP contribution >= 0.6 is 0 Å². The number of alkyl halides is 2. The molecule has 1 N–H and O–H groups in total. The molecule has 4 nitrogen and oxygen atoms in total. The monoisotopic (exact) mass is 248 g/mol. The highest BCUT2D eigenvalue weighted by atomic mass is 19.3. The summed E-state index contributed by atoms with van der Waals surface area (Å²) in [4.78, 5) is 15.7. The molecule has 1 aromatic heterocycles. The van der Waals surface area contributed by atoms with Gasteiger partial charge in [0.2, 0.25) is 5.95 Å². The zero-order valence-electron chi connectivity index (χ0n) is 8.81. The van der Waals surface area contributed by atoms with E-state index in [1.54, 1.807) is 0 Å². The second kappa shape index (κ2) is 6.19. The molecule has 0 atom stereocenters. The lowest BCUT2D eigenvalue weighted by molar-refractivity contribution is 0.0508. The van der Waals surface area contributed by atoms with Crippen LogP contribution in [0.1, 0.15) is 10.4 Å². The standard InChI is InChI=1S/C10H11F3N2O2/c11-8(12)6-15(3-4-16)10(17)7-1-2-9(13)14-5-7/h1-2,5,8,16H,3-4,6H2. The van der Waals surface area contributed by atoms with E-state index in [1.165, 1.54) is 0 Å². The van der Waals surface area contributed by atoms with Crippen LogP contribution in [0.25, 0.3) is 0 Å². The molecule has 7 heteroatoms. The van der Waals surface area contributed by atoms with Gasteiger partial charge in [0.1, 0.15) is 0 Å². The molecular formula is C10H11F3N2O2. The highest BCUT2D eigenvalue weighted by Gasteiger charge is 2.19. The first-order valence-corrected chi connectivity index (χ1v) is 4.84. The largest absolute Gasteiger partial charge is 0.395 e. The SMILES string of the molecule is O=C(c1ccc(F)nc1)N(CCO)CC(F)F. The number of hydrogen-bond donors (Lipinski definition) is 1. The number of carbonyl (C=O) groups is 1. The fourth-order valence-corrected chi connectivity index (χ4v) is 1.25. The molecule has 0 radical (unpaired) electrons. The number of carbonyl (C=O) groups excluding carboxylic acids is 1. The average Bonchev–Trinajstić information content (AvgIpc) is 2.28. The number of halogens is 3. The molecule has 17 heavy (non-hydrogen) atoms. The first-order valence-electron chi connectivity index (χ1n) is 4.84. The number of amides is 1. The zero-order chi connectivity index (χ0) is 12.8. The Hall–Kier alpha value is -1.63. The van der Waals surface area contributed by atoms with Crippen LogP contribution in [0, 0.1) is 5.95 Å². The van der Waals surface area contributed by atoms with Crippen molar-refractivity contribution in [2.45, 2.75) is 6.43 Å². The fourth-order valence-electron chi connectivity index (χ4n) is 1.25. The molecule has 94 valence electrons. The number of rotatable bonds is 5. The summed E-state index contributed by atoms with van der Waals surface area (Å²) in [6.45, 7) is -1.41. The molecule has 0 unspecified atom stereocenters. The van der Waals surface area contributed by atoms with Crippen LogP contribution in [0.5, 0.6) is 0 Å². The van der Waals surface area contributed by atoms with Crippen molar-refractivity contribution in [3.8, 4) is 0 Å². The smallest absolute Gasteiger partial charge is 0.255 e. The van der Waals surface area contributed by atoms with Gasteiger partial charge in [-0.2, -0.15) is 4.39 Å². The summed E-state index contributed by atoms with van der Waals surface area (Å²) in [5.41, 5.74) is 0.000463. The van der Waals surface area contributed by atoms with Gasteiger partial charge >= 0.3 is 0 Å². The molecule has 1 aromatic rings. The normalized spacial score (nSPS) is 10.6. The Labute approximate surface area is 95.7 Å². The highest BCUT2D eigenvalue weighted by Crippen LogP contribution is 2.07. The summed E-state index contributed by atoms with van der Waals surface area (Å²) in [6.07, 6.45) is -1.73. The molecule has 0 bridgehead atoms. The van der Waals surface area contributed by atoms with Crippen molar-refractivity contribution < 1.29 is 23.1 Å². The van der Waals surface area contributed by atoms with E-state index in [-0.39, 0.29) is 12.1 Å². The summed E-state index contributed by atoms with van der Waals surface area (Å²) in [6, 6.07) is 2.12. The van der Waals surface area contributed by atoms with Crippen molar-refractivity contribution in [1.82, 2.24) is 9.88 Å². The van der Waals surface area contributed by atoms with Gasteiger partial charge in [-0.05, 0) is 12.1 Å². The minimum atomic E-state index is -2.70. The Morgan fingerprint density at radius 2 is 2.18 bits per heavy atom. The van der Waals surface area contributed by atoms with Crippen LogP contribution < -0.4 is 0 Å². The maximum atomic E-state index is 12.5. The van der Waals surface area contributed by atoms with E-state index in [0.717, 1.165) is 23.2 Å². The van der Waals surface area contributed by atoms with Gasteiger partial charge < -0.3 is 10.0 Å². The van der Waals surface area contributed by atoms with Crippen LogP contribution in [-0.4, -0.2) is 47.0 Å². The van der Waals surface area contributed by atoms with Crippen molar-refractivity contribution in [2.75, 3.05) is 19.7 Å². The van der Waals surface area contributed by atoms with E-state index in [2.05, 4.69) is 4.98 Å². The molecule has 0 saturated carbocycles. The van der Waals surface area contributed by atoms with Crippen LogP contribution in [-0.2, 0) is 0 Å². The summed E-state index contributed by atoms with van der Waals surface area (Å²) < 4.78 is 36.9. The maximum Gasteiger partial charge on any atom is 0.255 e. The van der Waals surface area contributed by atoms with E-state index < -0.39 is 31.4 Å². The molecule has 1 amide bonds. The van der Waals surface area contributed by atoms with Gasteiger partial charge in [-0.25, -0.2) is 13.8 Å². The third kappa shape index (κ3) is 4.03. The lowest BCUT2D eigenvalue weighted by Gasteiger charge is -2.20. The Bertz CT molecular complexity index is 370. The average molecular weight is 248 g/mol. The van der Waals surface area contributed by atoms with E-state index in [0.29, 0.717) is 0 Å². The molecule has 1 rings (SSSR count). The first-order chi connectivity index (χ1) is 8.04. The molecule has 0 aliphatic carbocycles. The van der Waals surface area contributed by atoms with E-state index in [4.69, 9.17) is 5.11 Å². The number of aliphatic hydroxyl groups is 1. The lowest BCUT2D eigenvalue weighted by atomic mass is 10.2. The topological polar surface area (TPSA) is 53.4 Å². The minimum Gasteiger partial charge on any atom is -0.395 e. The molecule has 0 aliphatic heterocycles. The Morgan fingerprint density at radius 3 is 2.65 bits per heavy atom. The molecular weight excluding hydrogens is 237 g/mol. The second-order valence-corrected chi connectivity index (χ2v) is 3.24. The Kier molecular flexibility index (Phi) is 4.89. The first kappa shape index (κ1) is 13.4. The van der Waals surface area contributed by atoms with Crippen molar-refractivity contribution >= 4 is 5.91 Å². The number of aliphatic hydroxyl groups excluding tert-OH is 1. The van der Waals surface area contributed by atoms with Gasteiger partial charge in [0.05, 0.1) is 18.7 Å². The Morgan fingerprint density at radius 1 is 1.47 bits per heavy atom. The second-order valence-electron chi connectivity index (χ2n) is 3.24. The predicted octanol–water partition coefficient (Wildman–Crippen LogP) is 0.920. The number of pyridine rings is 1. The van der Waals surface area contributed by atoms with Gasteiger partial charge in [0.25, 0.3) is 12.3 Å². The number of aromatic nitrogens is 1. The van der Waals surface area contributed by atoms with Crippen LogP contribution in [0.3, 0.4) is 0 Å². The van der Waals surface area contributed by atoms with Gasteiger partial charge in [-0.1, -0.05) is 0 Å². The third-order valence-electron chi connectivity index (χ3n) is 1.99. The van der Waals surface area contributed by atoms with Crippen LogP contribution in [0.15, 0.2) is 18.3 Å². The zero-order valence-corrected chi connectivity index (χ0v) is 8.81. The van der Waals surface area contributed by atoms with Gasteiger partial charge in [-0.3, -0.25) is 4.79 Å². The molecule has 0 fully saturated rings. The minimum absolute atomic E-state index is 0.000463. The lowest BCUT2D eigenvalue weighted by Crippen LogP contribution is -2.37. The maximum absolute atomic E-state index is 12.5. The van der Waals surface area contributed by atoms with Crippen molar-refractivity contribution in [3.63, 3.8) is 0 Å². The summed E-state index contributed by atoms with van der Waals surface area (Å²) >= 11 is 0. The van der Waals surface area contributed by atoms with E-state index >= 15 is 0 Å².